The molecule has 1 aromatic carbocycles. The quantitative estimate of drug-likeness (QED) is 0.862. The van der Waals surface area contributed by atoms with E-state index in [1.165, 1.54) is 0 Å². The zero-order chi connectivity index (χ0) is 11.4. The number of nitrogens with zero attached hydrogens (tertiary/aromatic N) is 1. The largest absolute Gasteiger partial charge is 0.508 e. The van der Waals surface area contributed by atoms with Crippen LogP contribution in [0.5, 0.6) is 5.75 Å². The molecule has 16 heavy (non-hydrogen) atoms. The number of aromatic hydroxyl groups is 1. The van der Waals surface area contributed by atoms with Crippen LogP contribution in [0.4, 0.5) is 0 Å². The van der Waals surface area contributed by atoms with Crippen molar-refractivity contribution < 1.29 is 9.84 Å². The molecule has 0 saturated carbocycles. The molecule has 1 aliphatic rings. The standard InChI is InChI=1S/C12H16ClNO2/c13-11-3-1-4-12(15)10(11)9-14-5-2-7-16-8-6-14/h1,3-4,15H,2,5-9H2. The summed E-state index contributed by atoms with van der Waals surface area (Å²) in [6.45, 7) is 4.15. The Labute approximate surface area is 101 Å². The van der Waals surface area contributed by atoms with E-state index in [1.54, 1.807) is 12.1 Å². The molecule has 1 fully saturated rings. The fraction of sp³-hybridized carbons (Fsp3) is 0.500. The number of phenolic OH excluding ortho intramolecular Hbond substituents is 1. The summed E-state index contributed by atoms with van der Waals surface area (Å²) in [6.07, 6.45) is 1.03. The Bertz CT molecular complexity index is 329. The van der Waals surface area contributed by atoms with Crippen molar-refractivity contribution in [2.45, 2.75) is 13.0 Å². The minimum absolute atomic E-state index is 0.276. The van der Waals surface area contributed by atoms with Crippen molar-refractivity contribution in [2.24, 2.45) is 0 Å². The molecule has 1 aliphatic heterocycles. The average molecular weight is 242 g/mol. The number of rotatable bonds is 2. The van der Waals surface area contributed by atoms with Crippen LogP contribution < -0.4 is 0 Å². The molecule has 4 heteroatoms. The maximum absolute atomic E-state index is 9.75. The van der Waals surface area contributed by atoms with Crippen LogP contribution in [0.15, 0.2) is 18.2 Å². The van der Waals surface area contributed by atoms with E-state index in [2.05, 4.69) is 4.90 Å². The molecule has 0 aromatic heterocycles. The fourth-order valence-electron chi connectivity index (χ4n) is 1.88. The zero-order valence-corrected chi connectivity index (χ0v) is 9.91. The summed E-state index contributed by atoms with van der Waals surface area (Å²) in [5, 5.41) is 10.4. The van der Waals surface area contributed by atoms with Gasteiger partial charge in [-0.25, -0.2) is 0 Å². The predicted octanol–water partition coefficient (Wildman–Crippen LogP) is 2.27. The lowest BCUT2D eigenvalue weighted by Gasteiger charge is -2.20. The van der Waals surface area contributed by atoms with Crippen molar-refractivity contribution in [3.63, 3.8) is 0 Å². The second kappa shape index (κ2) is 5.53. The molecule has 0 aliphatic carbocycles. The SMILES string of the molecule is Oc1cccc(Cl)c1CN1CCCOCC1. The number of benzene rings is 1. The average Bonchev–Trinajstić information content (AvgIpc) is 2.52. The first kappa shape index (κ1) is 11.7. The maximum atomic E-state index is 9.75. The van der Waals surface area contributed by atoms with Gasteiger partial charge in [-0.2, -0.15) is 0 Å². The molecule has 3 nitrogen and oxygen atoms in total. The van der Waals surface area contributed by atoms with Gasteiger partial charge < -0.3 is 9.84 Å². The second-order valence-corrected chi connectivity index (χ2v) is 4.39. The summed E-state index contributed by atoms with van der Waals surface area (Å²) in [6, 6.07) is 5.24. The summed E-state index contributed by atoms with van der Waals surface area (Å²) in [7, 11) is 0. The lowest BCUT2D eigenvalue weighted by Crippen LogP contribution is -2.26. The third-order valence-corrected chi connectivity index (χ3v) is 3.14. The minimum atomic E-state index is 0.276. The number of phenols is 1. The smallest absolute Gasteiger partial charge is 0.121 e. The van der Waals surface area contributed by atoms with Crippen LogP contribution in [0.25, 0.3) is 0 Å². The van der Waals surface area contributed by atoms with Crippen molar-refractivity contribution in [1.29, 1.82) is 0 Å². The first-order valence-corrected chi connectivity index (χ1v) is 5.91. The highest BCUT2D eigenvalue weighted by molar-refractivity contribution is 6.31. The summed E-state index contributed by atoms with van der Waals surface area (Å²) in [4.78, 5) is 2.26. The molecule has 0 spiro atoms. The number of halogens is 1. The Hall–Kier alpha value is -0.770. The Morgan fingerprint density at radius 3 is 3.00 bits per heavy atom. The Morgan fingerprint density at radius 1 is 1.31 bits per heavy atom. The van der Waals surface area contributed by atoms with Gasteiger partial charge in [0, 0.05) is 36.8 Å². The van der Waals surface area contributed by atoms with Crippen LogP contribution in [-0.2, 0) is 11.3 Å². The van der Waals surface area contributed by atoms with Gasteiger partial charge in [0.1, 0.15) is 5.75 Å². The molecule has 1 saturated heterocycles. The van der Waals surface area contributed by atoms with Gasteiger partial charge in [-0.3, -0.25) is 4.90 Å². The molecule has 0 atom stereocenters. The van der Waals surface area contributed by atoms with E-state index >= 15 is 0 Å². The van der Waals surface area contributed by atoms with Crippen molar-refractivity contribution in [1.82, 2.24) is 4.90 Å². The van der Waals surface area contributed by atoms with E-state index in [9.17, 15) is 5.11 Å². The molecular weight excluding hydrogens is 226 g/mol. The molecule has 1 heterocycles. The molecule has 2 rings (SSSR count). The van der Waals surface area contributed by atoms with Crippen molar-refractivity contribution >= 4 is 11.6 Å². The maximum Gasteiger partial charge on any atom is 0.121 e. The normalized spacial score (nSPS) is 18.3. The highest BCUT2D eigenvalue weighted by atomic mass is 35.5. The molecule has 0 bridgehead atoms. The number of hydrogen-bond acceptors (Lipinski definition) is 3. The topological polar surface area (TPSA) is 32.7 Å². The van der Waals surface area contributed by atoms with Gasteiger partial charge in [-0.15, -0.1) is 0 Å². The van der Waals surface area contributed by atoms with Crippen LogP contribution in [0.2, 0.25) is 5.02 Å². The van der Waals surface area contributed by atoms with Gasteiger partial charge in [-0.1, -0.05) is 17.7 Å². The molecule has 1 aromatic rings. The number of hydrogen-bond donors (Lipinski definition) is 1. The first-order chi connectivity index (χ1) is 7.77. The van der Waals surface area contributed by atoms with Crippen molar-refractivity contribution in [3.8, 4) is 5.75 Å². The molecule has 88 valence electrons. The van der Waals surface area contributed by atoms with E-state index in [0.29, 0.717) is 11.6 Å². The summed E-state index contributed by atoms with van der Waals surface area (Å²) in [5.74, 6) is 0.276. The lowest BCUT2D eigenvalue weighted by molar-refractivity contribution is 0.140. The Balaban J connectivity index is 2.07. The highest BCUT2D eigenvalue weighted by Crippen LogP contribution is 2.26. The van der Waals surface area contributed by atoms with E-state index in [4.69, 9.17) is 16.3 Å². The van der Waals surface area contributed by atoms with Gasteiger partial charge >= 0.3 is 0 Å². The fourth-order valence-corrected chi connectivity index (χ4v) is 2.11. The highest BCUT2D eigenvalue weighted by Gasteiger charge is 2.13. The predicted molar refractivity (Wildman–Crippen MR) is 63.8 cm³/mol. The van der Waals surface area contributed by atoms with Crippen LogP contribution in [-0.4, -0.2) is 36.3 Å². The number of ether oxygens (including phenoxy) is 1. The summed E-state index contributed by atoms with van der Waals surface area (Å²) < 4.78 is 5.39. The van der Waals surface area contributed by atoms with Gasteiger partial charge in [-0.05, 0) is 18.6 Å². The van der Waals surface area contributed by atoms with E-state index < -0.39 is 0 Å². The monoisotopic (exact) mass is 241 g/mol. The van der Waals surface area contributed by atoms with E-state index in [-0.39, 0.29) is 5.75 Å². The van der Waals surface area contributed by atoms with Gasteiger partial charge in [0.25, 0.3) is 0 Å². The summed E-state index contributed by atoms with van der Waals surface area (Å²) in [5.41, 5.74) is 0.811. The van der Waals surface area contributed by atoms with Gasteiger partial charge in [0.05, 0.1) is 6.61 Å². The van der Waals surface area contributed by atoms with Crippen LogP contribution in [0.1, 0.15) is 12.0 Å². The second-order valence-electron chi connectivity index (χ2n) is 3.98. The van der Waals surface area contributed by atoms with Crippen LogP contribution in [0, 0.1) is 0 Å². The summed E-state index contributed by atoms with van der Waals surface area (Å²) >= 11 is 6.07. The van der Waals surface area contributed by atoms with Gasteiger partial charge in [0.15, 0.2) is 0 Å². The van der Waals surface area contributed by atoms with Crippen molar-refractivity contribution in [2.75, 3.05) is 26.3 Å². The van der Waals surface area contributed by atoms with Crippen molar-refractivity contribution in [3.05, 3.63) is 28.8 Å². The molecule has 1 N–H and O–H groups in total. The third kappa shape index (κ3) is 2.88. The van der Waals surface area contributed by atoms with Crippen LogP contribution in [0.3, 0.4) is 0 Å². The van der Waals surface area contributed by atoms with E-state index in [0.717, 1.165) is 38.3 Å². The third-order valence-electron chi connectivity index (χ3n) is 2.79. The Kier molecular flexibility index (Phi) is 4.04. The molecule has 0 amide bonds. The van der Waals surface area contributed by atoms with Gasteiger partial charge in [0.2, 0.25) is 0 Å². The zero-order valence-electron chi connectivity index (χ0n) is 9.16. The minimum Gasteiger partial charge on any atom is -0.508 e. The Morgan fingerprint density at radius 2 is 2.19 bits per heavy atom. The first-order valence-electron chi connectivity index (χ1n) is 5.54. The molecular formula is C12H16ClNO2. The molecule has 0 radical (unpaired) electrons. The van der Waals surface area contributed by atoms with Crippen LogP contribution >= 0.6 is 11.6 Å². The lowest BCUT2D eigenvalue weighted by atomic mass is 10.2. The van der Waals surface area contributed by atoms with E-state index in [1.807, 2.05) is 6.07 Å². The molecule has 0 unspecified atom stereocenters.